The Hall–Kier alpha value is -3.76. The van der Waals surface area contributed by atoms with Crippen molar-refractivity contribution in [1.82, 2.24) is 14.4 Å². The number of aryl methyl sites for hydroxylation is 1. The van der Waals surface area contributed by atoms with E-state index in [4.69, 9.17) is 0 Å². The van der Waals surface area contributed by atoms with Crippen LogP contribution in [0.15, 0.2) is 60.8 Å². The summed E-state index contributed by atoms with van der Waals surface area (Å²) in [5.41, 5.74) is -0.889. The van der Waals surface area contributed by atoms with Crippen molar-refractivity contribution in [2.45, 2.75) is 65.5 Å². The highest BCUT2D eigenvalue weighted by Crippen LogP contribution is 2.36. The van der Waals surface area contributed by atoms with E-state index in [1.807, 2.05) is 54.9 Å². The van der Waals surface area contributed by atoms with Crippen LogP contribution in [-0.2, 0) is 30.2 Å². The largest absolute Gasteiger partial charge is 0.416 e. The fraction of sp³-hybridized carbons (Fsp3) is 0.419. The first-order valence-corrected chi connectivity index (χ1v) is 13.8. The summed E-state index contributed by atoms with van der Waals surface area (Å²) < 4.78 is 82.4. The molecule has 0 fully saturated rings. The quantitative estimate of drug-likeness (QED) is 0.203. The SMILES string of the molecule is CCCCN(Cc1cccn1Cc1cccc(C)c1)C(=O)CN(CCC)C(=O)c1cc(C(F)(F)F)cc(C(F)(F)F)c1. The smallest absolute Gasteiger partial charge is 0.345 e. The lowest BCUT2D eigenvalue weighted by molar-refractivity contribution is -0.143. The summed E-state index contributed by atoms with van der Waals surface area (Å²) >= 11 is 0. The molecule has 5 nitrogen and oxygen atoms in total. The Morgan fingerprint density at radius 3 is 2.05 bits per heavy atom. The topological polar surface area (TPSA) is 45.6 Å². The number of hydrogen-bond acceptors (Lipinski definition) is 2. The van der Waals surface area contributed by atoms with Gasteiger partial charge in [0, 0.05) is 37.1 Å². The van der Waals surface area contributed by atoms with E-state index in [2.05, 4.69) is 6.07 Å². The normalized spacial score (nSPS) is 11.9. The second-order valence-corrected chi connectivity index (χ2v) is 10.3. The summed E-state index contributed by atoms with van der Waals surface area (Å²) in [7, 11) is 0. The predicted octanol–water partition coefficient (Wildman–Crippen LogP) is 7.56. The van der Waals surface area contributed by atoms with Gasteiger partial charge in [0.15, 0.2) is 0 Å². The average molecular weight is 596 g/mol. The van der Waals surface area contributed by atoms with Crippen LogP contribution in [0, 0.1) is 6.92 Å². The average Bonchev–Trinajstić information content (AvgIpc) is 3.35. The van der Waals surface area contributed by atoms with Crippen molar-refractivity contribution < 1.29 is 35.9 Å². The molecule has 0 aliphatic rings. The van der Waals surface area contributed by atoms with Crippen LogP contribution in [0.2, 0.25) is 0 Å². The molecule has 0 radical (unpaired) electrons. The number of amides is 2. The zero-order chi connectivity index (χ0) is 31.1. The van der Waals surface area contributed by atoms with Crippen LogP contribution >= 0.6 is 0 Å². The number of hydrogen-bond donors (Lipinski definition) is 0. The molecule has 1 aromatic heterocycles. The van der Waals surface area contributed by atoms with Crippen LogP contribution in [0.4, 0.5) is 26.3 Å². The number of nitrogens with zero attached hydrogens (tertiary/aromatic N) is 3. The van der Waals surface area contributed by atoms with Gasteiger partial charge in [0.2, 0.25) is 5.91 Å². The van der Waals surface area contributed by atoms with Gasteiger partial charge in [0.1, 0.15) is 6.54 Å². The Morgan fingerprint density at radius 2 is 1.48 bits per heavy atom. The molecule has 1 heterocycles. The van der Waals surface area contributed by atoms with Crippen molar-refractivity contribution in [2.75, 3.05) is 19.6 Å². The third kappa shape index (κ3) is 8.87. The first-order chi connectivity index (χ1) is 19.7. The molecule has 0 saturated carbocycles. The fourth-order valence-corrected chi connectivity index (χ4v) is 4.64. The van der Waals surface area contributed by atoms with Crippen molar-refractivity contribution >= 4 is 11.8 Å². The van der Waals surface area contributed by atoms with Gasteiger partial charge in [0.25, 0.3) is 5.91 Å². The van der Waals surface area contributed by atoms with E-state index < -0.39 is 47.4 Å². The number of benzene rings is 2. The molecule has 3 rings (SSSR count). The van der Waals surface area contributed by atoms with E-state index >= 15 is 0 Å². The van der Waals surface area contributed by atoms with Crippen LogP contribution in [0.25, 0.3) is 0 Å². The zero-order valence-electron chi connectivity index (χ0n) is 23.9. The van der Waals surface area contributed by atoms with E-state index in [1.165, 1.54) is 0 Å². The van der Waals surface area contributed by atoms with Gasteiger partial charge in [-0.25, -0.2) is 0 Å². The van der Waals surface area contributed by atoms with Crippen molar-refractivity contribution in [3.63, 3.8) is 0 Å². The molecular weight excluding hydrogens is 560 g/mol. The van der Waals surface area contributed by atoms with Crippen molar-refractivity contribution in [1.29, 1.82) is 0 Å². The molecule has 2 amide bonds. The summed E-state index contributed by atoms with van der Waals surface area (Å²) in [6.07, 6.45) is -6.47. The monoisotopic (exact) mass is 595 g/mol. The Kier molecular flexibility index (Phi) is 10.9. The highest BCUT2D eigenvalue weighted by atomic mass is 19.4. The van der Waals surface area contributed by atoms with Crippen molar-refractivity contribution in [3.05, 3.63) is 94.3 Å². The van der Waals surface area contributed by atoms with E-state index in [0.717, 1.165) is 28.1 Å². The van der Waals surface area contributed by atoms with Crippen LogP contribution in [0.5, 0.6) is 0 Å². The first kappa shape index (κ1) is 32.8. The second-order valence-electron chi connectivity index (χ2n) is 10.3. The minimum Gasteiger partial charge on any atom is -0.345 e. The number of alkyl halides is 6. The summed E-state index contributed by atoms with van der Waals surface area (Å²) in [6, 6.07) is 12.6. The highest BCUT2D eigenvalue weighted by Gasteiger charge is 2.38. The summed E-state index contributed by atoms with van der Waals surface area (Å²) in [6.45, 7) is 6.34. The Bertz CT molecular complexity index is 1330. The van der Waals surface area contributed by atoms with Gasteiger partial charge in [0.05, 0.1) is 17.7 Å². The number of rotatable bonds is 12. The molecule has 42 heavy (non-hydrogen) atoms. The summed E-state index contributed by atoms with van der Waals surface area (Å²) in [4.78, 5) is 29.4. The molecule has 228 valence electrons. The molecule has 0 atom stereocenters. The standard InChI is InChI=1S/C31H35F6N3O2/c1-4-6-13-39(20-27-11-8-14-38(27)19-23-10-7-9-22(3)15-23)28(41)21-40(12-5-2)29(42)24-16-25(30(32,33)34)18-26(17-24)31(35,36)37/h7-11,14-18H,4-6,12-13,19-21H2,1-3H3. The van der Waals surface area contributed by atoms with Gasteiger partial charge in [-0.05, 0) is 55.7 Å². The molecule has 0 unspecified atom stereocenters. The lowest BCUT2D eigenvalue weighted by atomic mass is 10.0. The highest BCUT2D eigenvalue weighted by molar-refractivity contribution is 5.97. The molecule has 2 aromatic carbocycles. The van der Waals surface area contributed by atoms with Crippen LogP contribution in [-0.4, -0.2) is 45.8 Å². The lowest BCUT2D eigenvalue weighted by Gasteiger charge is -2.28. The maximum atomic E-state index is 13.5. The minimum absolute atomic E-state index is 0.0203. The molecular formula is C31H35F6N3O2. The van der Waals surface area contributed by atoms with E-state index in [0.29, 0.717) is 38.1 Å². The predicted molar refractivity (Wildman–Crippen MR) is 148 cm³/mol. The number of halogens is 6. The van der Waals surface area contributed by atoms with Crippen LogP contribution in [0.3, 0.4) is 0 Å². The van der Waals surface area contributed by atoms with Gasteiger partial charge in [-0.2, -0.15) is 26.3 Å². The summed E-state index contributed by atoms with van der Waals surface area (Å²) in [5, 5.41) is 0. The Balaban J connectivity index is 1.86. The van der Waals surface area contributed by atoms with E-state index in [9.17, 15) is 35.9 Å². The molecule has 0 aliphatic carbocycles. The molecule has 0 saturated heterocycles. The van der Waals surface area contributed by atoms with Crippen molar-refractivity contribution in [2.24, 2.45) is 0 Å². The van der Waals surface area contributed by atoms with Gasteiger partial charge < -0.3 is 14.4 Å². The molecule has 0 spiro atoms. The van der Waals surface area contributed by atoms with Gasteiger partial charge in [-0.1, -0.05) is 50.1 Å². The van der Waals surface area contributed by atoms with Gasteiger partial charge in [-0.15, -0.1) is 0 Å². The number of carbonyl (C=O) groups excluding carboxylic acids is 2. The van der Waals surface area contributed by atoms with Crippen LogP contribution in [0.1, 0.15) is 71.4 Å². The van der Waals surface area contributed by atoms with Gasteiger partial charge >= 0.3 is 12.4 Å². The molecule has 0 aliphatic heterocycles. The Morgan fingerprint density at radius 1 is 0.810 bits per heavy atom. The maximum absolute atomic E-state index is 13.5. The van der Waals surface area contributed by atoms with Crippen LogP contribution < -0.4 is 0 Å². The number of unbranched alkanes of at least 4 members (excludes halogenated alkanes) is 1. The second kappa shape index (κ2) is 13.9. The molecule has 0 bridgehead atoms. The zero-order valence-corrected chi connectivity index (χ0v) is 23.9. The molecule has 3 aromatic rings. The van der Waals surface area contributed by atoms with E-state index in [1.54, 1.807) is 11.8 Å². The third-order valence-corrected chi connectivity index (χ3v) is 6.79. The van der Waals surface area contributed by atoms with Crippen molar-refractivity contribution in [3.8, 4) is 0 Å². The summed E-state index contributed by atoms with van der Waals surface area (Å²) in [5.74, 6) is -1.52. The van der Waals surface area contributed by atoms with E-state index in [-0.39, 0.29) is 19.2 Å². The number of aromatic nitrogens is 1. The molecule has 0 N–H and O–H groups in total. The molecule has 11 heteroatoms. The number of carbonyl (C=O) groups is 2. The first-order valence-electron chi connectivity index (χ1n) is 13.8. The maximum Gasteiger partial charge on any atom is 0.416 e. The third-order valence-electron chi connectivity index (χ3n) is 6.79. The minimum atomic E-state index is -5.09. The Labute approximate surface area is 241 Å². The van der Waals surface area contributed by atoms with Gasteiger partial charge in [-0.3, -0.25) is 9.59 Å². The fourth-order valence-electron chi connectivity index (χ4n) is 4.64. The lowest BCUT2D eigenvalue weighted by Crippen LogP contribution is -2.43.